The van der Waals surface area contributed by atoms with Gasteiger partial charge in [0.2, 0.25) is 0 Å². The molecule has 0 aliphatic carbocycles. The molecule has 0 spiro atoms. The van der Waals surface area contributed by atoms with Crippen LogP contribution < -0.4 is 0 Å². The molecule has 3 aromatic rings. The largest absolute Gasteiger partial charge is 0.396 e. The zero-order valence-electron chi connectivity index (χ0n) is 12.7. The Morgan fingerprint density at radius 1 is 1.04 bits per heavy atom. The van der Waals surface area contributed by atoms with E-state index in [2.05, 4.69) is 11.1 Å². The third-order valence-corrected chi connectivity index (χ3v) is 3.71. The summed E-state index contributed by atoms with van der Waals surface area (Å²) in [5, 5.41) is 18.3. The van der Waals surface area contributed by atoms with Gasteiger partial charge in [0.25, 0.3) is 0 Å². The number of aliphatic hydroxyl groups excluding tert-OH is 1. The molecule has 4 heteroatoms. The summed E-state index contributed by atoms with van der Waals surface area (Å²) in [5.74, 6) is 0. The van der Waals surface area contributed by atoms with Crippen LogP contribution in [0.15, 0.2) is 60.9 Å². The van der Waals surface area contributed by atoms with Crippen LogP contribution in [0.4, 0.5) is 0 Å². The molecule has 0 amide bonds. The van der Waals surface area contributed by atoms with Gasteiger partial charge in [-0.3, -0.25) is 0 Å². The first-order chi connectivity index (χ1) is 11.3. The van der Waals surface area contributed by atoms with Crippen LogP contribution >= 0.6 is 0 Å². The molecular formula is C19H17N3O. The van der Waals surface area contributed by atoms with Gasteiger partial charge in [-0.2, -0.15) is 5.26 Å². The number of nitriles is 1. The molecule has 1 heterocycles. The maximum atomic E-state index is 9.15. The Kier molecular flexibility index (Phi) is 4.51. The topological polar surface area (TPSA) is 61.8 Å². The lowest BCUT2D eigenvalue weighted by Crippen LogP contribution is -2.01. The molecule has 0 fully saturated rings. The Morgan fingerprint density at radius 2 is 1.83 bits per heavy atom. The fraction of sp³-hybridized carbons (Fsp3) is 0.158. The molecule has 4 nitrogen and oxygen atoms in total. The van der Waals surface area contributed by atoms with Crippen molar-refractivity contribution in [3.8, 4) is 28.6 Å². The standard InChI is InChI=1S/C19H17N3O/c20-13-15-6-4-9-17(12-15)19-18(16-7-2-1-3-8-16)21-14-22(19)10-5-11-23/h1-4,6-9,12,14,23H,5,10-11H2. The zero-order valence-corrected chi connectivity index (χ0v) is 12.7. The first-order valence-corrected chi connectivity index (χ1v) is 7.55. The molecule has 3 rings (SSSR count). The summed E-state index contributed by atoms with van der Waals surface area (Å²) in [6.07, 6.45) is 2.46. The Morgan fingerprint density at radius 3 is 2.57 bits per heavy atom. The molecule has 1 aromatic heterocycles. The molecular weight excluding hydrogens is 286 g/mol. The van der Waals surface area contributed by atoms with Gasteiger partial charge in [0, 0.05) is 24.3 Å². The molecule has 0 aliphatic heterocycles. The van der Waals surface area contributed by atoms with Crippen LogP contribution in [0.2, 0.25) is 0 Å². The van der Waals surface area contributed by atoms with E-state index in [4.69, 9.17) is 10.4 Å². The summed E-state index contributed by atoms with van der Waals surface area (Å²) in [6.45, 7) is 0.818. The minimum absolute atomic E-state index is 0.135. The summed E-state index contributed by atoms with van der Waals surface area (Å²) in [5.41, 5.74) is 4.47. The first-order valence-electron chi connectivity index (χ1n) is 7.55. The van der Waals surface area contributed by atoms with E-state index in [1.807, 2.05) is 53.1 Å². The van der Waals surface area contributed by atoms with Crippen molar-refractivity contribution in [1.29, 1.82) is 5.26 Å². The van der Waals surface area contributed by atoms with Crippen LogP contribution in [0, 0.1) is 11.3 Å². The van der Waals surface area contributed by atoms with Crippen LogP contribution in [0.25, 0.3) is 22.5 Å². The smallest absolute Gasteiger partial charge is 0.0991 e. The predicted molar refractivity (Wildman–Crippen MR) is 89.5 cm³/mol. The lowest BCUT2D eigenvalue weighted by Gasteiger charge is -2.10. The van der Waals surface area contributed by atoms with E-state index in [0.29, 0.717) is 18.5 Å². The van der Waals surface area contributed by atoms with E-state index in [9.17, 15) is 0 Å². The molecule has 1 N–H and O–H groups in total. The lowest BCUT2D eigenvalue weighted by atomic mass is 10.0. The van der Waals surface area contributed by atoms with Gasteiger partial charge in [0.15, 0.2) is 0 Å². The van der Waals surface area contributed by atoms with Crippen molar-refractivity contribution < 1.29 is 5.11 Å². The van der Waals surface area contributed by atoms with Crippen molar-refractivity contribution in [1.82, 2.24) is 9.55 Å². The fourth-order valence-electron chi connectivity index (χ4n) is 2.64. The Hall–Kier alpha value is -2.90. The minimum Gasteiger partial charge on any atom is -0.396 e. The second-order valence-electron chi connectivity index (χ2n) is 5.27. The molecule has 0 bridgehead atoms. The number of nitrogens with zero attached hydrogens (tertiary/aromatic N) is 3. The number of benzene rings is 2. The van der Waals surface area contributed by atoms with Crippen molar-refractivity contribution in [2.75, 3.05) is 6.61 Å². The normalized spacial score (nSPS) is 10.4. The van der Waals surface area contributed by atoms with Crippen LogP contribution in [-0.4, -0.2) is 21.3 Å². The summed E-state index contributed by atoms with van der Waals surface area (Å²) >= 11 is 0. The lowest BCUT2D eigenvalue weighted by molar-refractivity contribution is 0.280. The van der Waals surface area contributed by atoms with Gasteiger partial charge >= 0.3 is 0 Å². The number of rotatable bonds is 5. The Balaban J connectivity index is 2.15. The quantitative estimate of drug-likeness (QED) is 0.785. The van der Waals surface area contributed by atoms with E-state index in [0.717, 1.165) is 22.5 Å². The molecule has 23 heavy (non-hydrogen) atoms. The fourth-order valence-corrected chi connectivity index (χ4v) is 2.64. The molecule has 2 aromatic carbocycles. The van der Waals surface area contributed by atoms with Crippen molar-refractivity contribution >= 4 is 0 Å². The van der Waals surface area contributed by atoms with E-state index in [1.54, 1.807) is 12.4 Å². The second kappa shape index (κ2) is 6.91. The molecule has 0 saturated heterocycles. The maximum absolute atomic E-state index is 9.15. The Bertz CT molecular complexity index is 831. The van der Waals surface area contributed by atoms with Gasteiger partial charge in [-0.25, -0.2) is 4.98 Å². The van der Waals surface area contributed by atoms with E-state index in [-0.39, 0.29) is 6.61 Å². The molecule has 0 radical (unpaired) electrons. The third kappa shape index (κ3) is 3.15. The summed E-state index contributed by atoms with van der Waals surface area (Å²) in [4.78, 5) is 4.57. The number of hydrogen-bond acceptors (Lipinski definition) is 3. The van der Waals surface area contributed by atoms with Gasteiger partial charge < -0.3 is 9.67 Å². The van der Waals surface area contributed by atoms with E-state index < -0.39 is 0 Å². The van der Waals surface area contributed by atoms with Gasteiger partial charge in [-0.05, 0) is 18.6 Å². The minimum atomic E-state index is 0.135. The van der Waals surface area contributed by atoms with Crippen molar-refractivity contribution in [2.24, 2.45) is 0 Å². The maximum Gasteiger partial charge on any atom is 0.0991 e. The molecule has 0 atom stereocenters. The van der Waals surface area contributed by atoms with Crippen LogP contribution in [0.3, 0.4) is 0 Å². The zero-order chi connectivity index (χ0) is 16.1. The number of imidazole rings is 1. The first kappa shape index (κ1) is 15.0. The molecule has 0 saturated carbocycles. The average molecular weight is 303 g/mol. The summed E-state index contributed by atoms with van der Waals surface area (Å²) in [7, 11) is 0. The summed E-state index contributed by atoms with van der Waals surface area (Å²) < 4.78 is 2.04. The Labute approximate surface area is 135 Å². The number of aliphatic hydroxyl groups is 1. The van der Waals surface area contributed by atoms with Crippen molar-refractivity contribution in [3.05, 3.63) is 66.5 Å². The number of hydrogen-bond donors (Lipinski definition) is 1. The highest BCUT2D eigenvalue weighted by Gasteiger charge is 2.15. The predicted octanol–water partition coefficient (Wildman–Crippen LogP) is 3.47. The average Bonchev–Trinajstić information content (AvgIpc) is 3.04. The number of aryl methyl sites for hydroxylation is 1. The SMILES string of the molecule is N#Cc1cccc(-c2c(-c3ccccc3)ncn2CCCO)c1. The van der Waals surface area contributed by atoms with Crippen molar-refractivity contribution in [3.63, 3.8) is 0 Å². The highest BCUT2D eigenvalue weighted by Crippen LogP contribution is 2.31. The van der Waals surface area contributed by atoms with Crippen LogP contribution in [-0.2, 0) is 6.54 Å². The molecule has 0 aliphatic rings. The second-order valence-corrected chi connectivity index (χ2v) is 5.27. The third-order valence-electron chi connectivity index (χ3n) is 3.71. The highest BCUT2D eigenvalue weighted by molar-refractivity contribution is 5.79. The molecule has 0 unspecified atom stereocenters. The van der Waals surface area contributed by atoms with Gasteiger partial charge in [0.05, 0.1) is 29.3 Å². The van der Waals surface area contributed by atoms with Crippen molar-refractivity contribution in [2.45, 2.75) is 13.0 Å². The van der Waals surface area contributed by atoms with Gasteiger partial charge in [-0.15, -0.1) is 0 Å². The van der Waals surface area contributed by atoms with Crippen LogP contribution in [0.5, 0.6) is 0 Å². The highest BCUT2D eigenvalue weighted by atomic mass is 16.3. The molecule has 114 valence electrons. The van der Waals surface area contributed by atoms with Gasteiger partial charge in [0.1, 0.15) is 0 Å². The number of aromatic nitrogens is 2. The monoisotopic (exact) mass is 303 g/mol. The van der Waals surface area contributed by atoms with Crippen LogP contribution in [0.1, 0.15) is 12.0 Å². The van der Waals surface area contributed by atoms with Gasteiger partial charge in [-0.1, -0.05) is 42.5 Å². The van der Waals surface area contributed by atoms with E-state index >= 15 is 0 Å². The van der Waals surface area contributed by atoms with E-state index in [1.165, 1.54) is 0 Å². The summed E-state index contributed by atoms with van der Waals surface area (Å²) in [6, 6.07) is 19.7.